The number of aromatic nitrogens is 3. The lowest BCUT2D eigenvalue weighted by Gasteiger charge is -2.20. The van der Waals surface area contributed by atoms with Gasteiger partial charge in [0.2, 0.25) is 5.91 Å². The zero-order chi connectivity index (χ0) is 22.8. The highest BCUT2D eigenvalue weighted by atomic mass is 32.2. The van der Waals surface area contributed by atoms with Gasteiger partial charge in [0.1, 0.15) is 4.83 Å². The quantitative estimate of drug-likeness (QED) is 0.192. The number of thiophene rings is 1. The average molecular weight is 483 g/mol. The third kappa shape index (κ3) is 4.41. The van der Waals surface area contributed by atoms with E-state index >= 15 is 0 Å². The molecule has 0 aliphatic rings. The van der Waals surface area contributed by atoms with Gasteiger partial charge in [-0.2, -0.15) is 0 Å². The second-order valence-corrected chi connectivity index (χ2v) is 9.97. The van der Waals surface area contributed by atoms with E-state index in [0.717, 1.165) is 27.3 Å². The molecule has 4 aromatic rings. The van der Waals surface area contributed by atoms with Gasteiger partial charge in [-0.1, -0.05) is 35.5 Å². The van der Waals surface area contributed by atoms with Crippen molar-refractivity contribution in [3.05, 3.63) is 74.9 Å². The molecule has 0 radical (unpaired) electrons. The van der Waals surface area contributed by atoms with Gasteiger partial charge in [-0.25, -0.2) is 9.97 Å². The Morgan fingerprint density at radius 1 is 1.25 bits per heavy atom. The van der Waals surface area contributed by atoms with E-state index in [9.17, 15) is 9.59 Å². The monoisotopic (exact) mass is 482 g/mol. The van der Waals surface area contributed by atoms with E-state index in [1.54, 1.807) is 28.5 Å². The average Bonchev–Trinajstić information content (AvgIpc) is 3.40. The Morgan fingerprint density at radius 2 is 2.06 bits per heavy atom. The van der Waals surface area contributed by atoms with Crippen molar-refractivity contribution in [1.82, 2.24) is 14.5 Å². The highest BCUT2D eigenvalue weighted by molar-refractivity contribution is 7.98. The van der Waals surface area contributed by atoms with Gasteiger partial charge in [0, 0.05) is 24.6 Å². The largest absolute Gasteiger partial charge is 0.283 e. The highest BCUT2D eigenvalue weighted by Gasteiger charge is 2.20. The van der Waals surface area contributed by atoms with Crippen LogP contribution in [-0.2, 0) is 17.1 Å². The van der Waals surface area contributed by atoms with Gasteiger partial charge in [0.05, 0.1) is 16.8 Å². The molecule has 164 valence electrons. The van der Waals surface area contributed by atoms with Crippen molar-refractivity contribution >= 4 is 61.4 Å². The van der Waals surface area contributed by atoms with E-state index in [1.165, 1.54) is 34.4 Å². The van der Waals surface area contributed by atoms with E-state index < -0.39 is 0 Å². The van der Waals surface area contributed by atoms with Crippen molar-refractivity contribution in [3.63, 3.8) is 0 Å². The molecule has 0 aliphatic carbocycles. The van der Waals surface area contributed by atoms with Crippen LogP contribution in [-0.4, -0.2) is 20.4 Å². The number of benzene rings is 1. The Labute approximate surface area is 198 Å². The predicted octanol–water partition coefficient (Wildman–Crippen LogP) is 5.69. The zero-order valence-electron chi connectivity index (χ0n) is 18.0. The van der Waals surface area contributed by atoms with E-state index in [2.05, 4.69) is 17.6 Å². The molecule has 0 bridgehead atoms. The van der Waals surface area contributed by atoms with Crippen LogP contribution in [0.5, 0.6) is 0 Å². The third-order valence-electron chi connectivity index (χ3n) is 4.85. The minimum Gasteiger partial charge on any atom is -0.283 e. The summed E-state index contributed by atoms with van der Waals surface area (Å²) in [4.78, 5) is 37.0. The van der Waals surface area contributed by atoms with Gasteiger partial charge in [0.15, 0.2) is 10.3 Å². The standard InChI is InChI=1S/C23H22N4O2S3/c1-5-9-26-21(29)18-8-10-30-20(18)25-22(26)31-12-17-13-32-23(24-17)27(16(4)28)19-7-6-14(2)11-15(19)3/h5-8,10-11,13H,1,9,12H2,2-4H3. The molecule has 0 unspecified atom stereocenters. The Balaban J connectivity index is 1.61. The fourth-order valence-corrected chi connectivity index (χ4v) is 6.09. The van der Waals surface area contributed by atoms with Crippen molar-refractivity contribution in [1.29, 1.82) is 0 Å². The van der Waals surface area contributed by atoms with Crippen molar-refractivity contribution in [2.75, 3.05) is 4.90 Å². The molecule has 0 saturated carbocycles. The first-order chi connectivity index (χ1) is 15.4. The number of carbonyl (C=O) groups is 1. The van der Waals surface area contributed by atoms with Crippen molar-refractivity contribution in [2.45, 2.75) is 38.2 Å². The molecule has 0 atom stereocenters. The van der Waals surface area contributed by atoms with Crippen LogP contribution in [0.25, 0.3) is 10.2 Å². The number of aryl methyl sites for hydroxylation is 2. The van der Waals surface area contributed by atoms with Crippen molar-refractivity contribution in [2.24, 2.45) is 0 Å². The van der Waals surface area contributed by atoms with E-state index in [4.69, 9.17) is 4.98 Å². The molecule has 0 aliphatic heterocycles. The molecule has 0 saturated heterocycles. The Bertz CT molecular complexity index is 1370. The van der Waals surface area contributed by atoms with Gasteiger partial charge in [-0.3, -0.25) is 19.1 Å². The molecular formula is C23H22N4O2S3. The minimum absolute atomic E-state index is 0.0600. The first-order valence-corrected chi connectivity index (χ1v) is 12.7. The molecule has 4 rings (SSSR count). The smallest absolute Gasteiger partial charge is 0.263 e. The lowest BCUT2D eigenvalue weighted by atomic mass is 10.1. The van der Waals surface area contributed by atoms with Crippen LogP contribution >= 0.6 is 34.4 Å². The first kappa shape index (κ1) is 22.4. The van der Waals surface area contributed by atoms with Gasteiger partial charge < -0.3 is 0 Å². The van der Waals surface area contributed by atoms with Crippen LogP contribution in [0.1, 0.15) is 23.7 Å². The highest BCUT2D eigenvalue weighted by Crippen LogP contribution is 2.33. The van der Waals surface area contributed by atoms with Gasteiger partial charge in [-0.15, -0.1) is 29.3 Å². The summed E-state index contributed by atoms with van der Waals surface area (Å²) in [6.45, 7) is 9.73. The molecule has 0 spiro atoms. The molecule has 3 heterocycles. The fraction of sp³-hybridized carbons (Fsp3) is 0.217. The lowest BCUT2D eigenvalue weighted by molar-refractivity contribution is -0.115. The van der Waals surface area contributed by atoms with Crippen LogP contribution in [0, 0.1) is 13.8 Å². The summed E-state index contributed by atoms with van der Waals surface area (Å²) in [5, 5.41) is 5.72. The summed E-state index contributed by atoms with van der Waals surface area (Å²) in [6.07, 6.45) is 1.70. The summed E-state index contributed by atoms with van der Waals surface area (Å²) in [7, 11) is 0. The van der Waals surface area contributed by atoms with Crippen LogP contribution < -0.4 is 10.5 Å². The number of fused-ring (bicyclic) bond motifs is 1. The summed E-state index contributed by atoms with van der Waals surface area (Å²) in [6, 6.07) is 7.81. The van der Waals surface area contributed by atoms with Crippen LogP contribution in [0.4, 0.5) is 10.8 Å². The van der Waals surface area contributed by atoms with Crippen molar-refractivity contribution in [3.8, 4) is 0 Å². The number of allylic oxidation sites excluding steroid dienone is 1. The summed E-state index contributed by atoms with van der Waals surface area (Å²) >= 11 is 4.34. The fourth-order valence-electron chi connectivity index (χ4n) is 3.40. The Hall–Kier alpha value is -2.75. The number of hydrogen-bond donors (Lipinski definition) is 0. The lowest BCUT2D eigenvalue weighted by Crippen LogP contribution is -2.23. The Kier molecular flexibility index (Phi) is 6.59. The van der Waals surface area contributed by atoms with E-state index in [1.807, 2.05) is 36.7 Å². The second-order valence-electron chi connectivity index (χ2n) is 7.29. The molecule has 0 fully saturated rings. The number of thiazole rings is 1. The molecule has 1 aromatic carbocycles. The molecule has 9 heteroatoms. The topological polar surface area (TPSA) is 68.1 Å². The SMILES string of the molecule is C=CCn1c(SCc2csc(N(C(C)=O)c3ccc(C)cc3C)n2)nc2sccc2c1=O. The summed E-state index contributed by atoms with van der Waals surface area (Å²) in [5.41, 5.74) is 3.77. The third-order valence-corrected chi connectivity index (χ3v) is 7.54. The van der Waals surface area contributed by atoms with E-state index in [0.29, 0.717) is 28.0 Å². The molecule has 1 amide bonds. The summed E-state index contributed by atoms with van der Waals surface area (Å²) < 4.78 is 1.64. The zero-order valence-corrected chi connectivity index (χ0v) is 20.4. The minimum atomic E-state index is -0.0878. The van der Waals surface area contributed by atoms with Crippen LogP contribution in [0.15, 0.2) is 57.6 Å². The molecular weight excluding hydrogens is 460 g/mol. The maximum Gasteiger partial charge on any atom is 0.263 e. The van der Waals surface area contributed by atoms with Crippen LogP contribution in [0.2, 0.25) is 0 Å². The normalized spacial score (nSPS) is 11.1. The second kappa shape index (κ2) is 9.40. The molecule has 0 N–H and O–H groups in total. The molecule has 3 aromatic heterocycles. The number of nitrogens with zero attached hydrogens (tertiary/aromatic N) is 4. The van der Waals surface area contributed by atoms with Gasteiger partial charge in [0.25, 0.3) is 5.56 Å². The number of hydrogen-bond acceptors (Lipinski definition) is 7. The number of rotatable bonds is 7. The van der Waals surface area contributed by atoms with Crippen molar-refractivity contribution < 1.29 is 4.79 Å². The molecule has 6 nitrogen and oxygen atoms in total. The maximum absolute atomic E-state index is 12.8. The summed E-state index contributed by atoms with van der Waals surface area (Å²) in [5.74, 6) is 0.449. The predicted molar refractivity (Wildman–Crippen MR) is 134 cm³/mol. The number of anilines is 2. The van der Waals surface area contributed by atoms with E-state index in [-0.39, 0.29) is 11.5 Å². The Morgan fingerprint density at radius 3 is 2.78 bits per heavy atom. The number of carbonyl (C=O) groups excluding carboxylic acids is 1. The van der Waals surface area contributed by atoms with Gasteiger partial charge >= 0.3 is 0 Å². The number of amides is 1. The maximum atomic E-state index is 12.8. The first-order valence-electron chi connectivity index (χ1n) is 9.93. The van der Waals surface area contributed by atoms with Gasteiger partial charge in [-0.05, 0) is 36.9 Å². The number of thioether (sulfide) groups is 1. The van der Waals surface area contributed by atoms with Crippen LogP contribution in [0.3, 0.4) is 0 Å². The molecule has 32 heavy (non-hydrogen) atoms.